The molecule has 5 rings (SSSR count). The summed E-state index contributed by atoms with van der Waals surface area (Å²) in [5, 5.41) is 2.58. The molecule has 1 atom stereocenters. The van der Waals surface area contributed by atoms with Gasteiger partial charge in [0.15, 0.2) is 6.29 Å². The molecule has 3 heteroatoms. The van der Waals surface area contributed by atoms with Crippen LogP contribution in [-0.2, 0) is 23.0 Å². The second-order valence-electron chi connectivity index (χ2n) is 13.0. The molecule has 2 heterocycles. The van der Waals surface area contributed by atoms with Crippen LogP contribution < -0.4 is 4.74 Å². The second-order valence-corrected chi connectivity index (χ2v) is 13.0. The first-order valence-corrected chi connectivity index (χ1v) is 14.6. The number of nitrogens with zero attached hydrogens (tertiary/aromatic N) is 1. The highest BCUT2D eigenvalue weighted by molar-refractivity contribution is 6.09. The summed E-state index contributed by atoms with van der Waals surface area (Å²) < 4.78 is 15.1. The van der Waals surface area contributed by atoms with Crippen LogP contribution in [0.5, 0.6) is 5.75 Å². The summed E-state index contributed by atoms with van der Waals surface area (Å²) in [7, 11) is 0. The van der Waals surface area contributed by atoms with Gasteiger partial charge in [0.1, 0.15) is 5.75 Å². The molecule has 1 saturated heterocycles. The average molecular weight is 512 g/mol. The Hall–Kier alpha value is -2.78. The molecule has 38 heavy (non-hydrogen) atoms. The fourth-order valence-electron chi connectivity index (χ4n) is 6.40. The Morgan fingerprint density at radius 2 is 1.45 bits per heavy atom. The van der Waals surface area contributed by atoms with E-state index in [4.69, 9.17) is 9.47 Å². The summed E-state index contributed by atoms with van der Waals surface area (Å²) in [5.41, 5.74) is 7.88. The number of hydrogen-bond acceptors (Lipinski definition) is 2. The molecule has 3 aromatic carbocycles. The van der Waals surface area contributed by atoms with Crippen LogP contribution in [0.3, 0.4) is 0 Å². The van der Waals surface area contributed by atoms with Crippen LogP contribution in [0.2, 0.25) is 0 Å². The number of hydrogen-bond donors (Lipinski definition) is 0. The Kier molecular flexibility index (Phi) is 7.35. The summed E-state index contributed by atoms with van der Waals surface area (Å²) in [6.45, 7) is 17.0. The van der Waals surface area contributed by atoms with Gasteiger partial charge in [0.05, 0.1) is 23.3 Å². The third kappa shape index (κ3) is 5.36. The van der Waals surface area contributed by atoms with Gasteiger partial charge in [-0.15, -0.1) is 0 Å². The van der Waals surface area contributed by atoms with E-state index in [1.54, 1.807) is 0 Å². The Balaban J connectivity index is 1.78. The van der Waals surface area contributed by atoms with Gasteiger partial charge in [-0.05, 0) is 83.9 Å². The van der Waals surface area contributed by atoms with Crippen LogP contribution in [0.15, 0.2) is 54.6 Å². The Bertz CT molecular complexity index is 1370. The van der Waals surface area contributed by atoms with Crippen LogP contribution in [0.1, 0.15) is 90.8 Å². The van der Waals surface area contributed by atoms with Crippen LogP contribution in [0.4, 0.5) is 0 Å². The lowest BCUT2D eigenvalue weighted by Gasteiger charge is -2.34. The van der Waals surface area contributed by atoms with E-state index >= 15 is 0 Å². The van der Waals surface area contributed by atoms with Crippen LogP contribution >= 0.6 is 0 Å². The number of aromatic nitrogens is 1. The summed E-state index contributed by atoms with van der Waals surface area (Å²) in [6.07, 6.45) is 6.11. The topological polar surface area (TPSA) is 23.4 Å². The maximum atomic E-state index is 6.65. The zero-order valence-electron chi connectivity index (χ0n) is 24.5. The molecule has 0 aliphatic carbocycles. The highest BCUT2D eigenvalue weighted by Crippen LogP contribution is 2.42. The molecule has 0 saturated carbocycles. The summed E-state index contributed by atoms with van der Waals surface area (Å²) >= 11 is 0. The molecule has 0 spiro atoms. The molecular weight excluding hydrogens is 466 g/mol. The minimum absolute atomic E-state index is 0.0226. The Morgan fingerprint density at radius 1 is 0.816 bits per heavy atom. The lowest BCUT2D eigenvalue weighted by molar-refractivity contribution is -0.105. The Labute approximate surface area is 229 Å². The number of rotatable bonds is 7. The van der Waals surface area contributed by atoms with Crippen molar-refractivity contribution in [1.82, 2.24) is 4.57 Å². The monoisotopic (exact) mass is 511 g/mol. The number of aryl methyl sites for hydroxylation is 2. The van der Waals surface area contributed by atoms with Crippen LogP contribution in [-0.4, -0.2) is 17.5 Å². The van der Waals surface area contributed by atoms with Gasteiger partial charge in [-0.1, -0.05) is 78.8 Å². The van der Waals surface area contributed by atoms with Crippen molar-refractivity contribution in [3.05, 3.63) is 71.3 Å². The quantitative estimate of drug-likeness (QED) is 0.247. The van der Waals surface area contributed by atoms with E-state index < -0.39 is 0 Å². The lowest BCUT2D eigenvalue weighted by Crippen LogP contribution is -2.26. The normalized spacial score (nSPS) is 16.9. The molecule has 1 aliphatic heterocycles. The van der Waals surface area contributed by atoms with Crippen LogP contribution in [0.25, 0.3) is 27.5 Å². The smallest absolute Gasteiger partial charge is 0.199 e. The van der Waals surface area contributed by atoms with E-state index in [1.165, 1.54) is 38.5 Å². The van der Waals surface area contributed by atoms with E-state index in [0.717, 1.165) is 56.6 Å². The van der Waals surface area contributed by atoms with Gasteiger partial charge in [0.2, 0.25) is 0 Å². The SMILES string of the molecule is CCc1ccc2c3ccc(CC)cc3n(-c3cc(C(C)(C)CC(C)(C)C)ccc3OC3CCCCO3)c2c1. The summed E-state index contributed by atoms with van der Waals surface area (Å²) in [5.74, 6) is 0.898. The van der Waals surface area contributed by atoms with Crippen molar-refractivity contribution in [3.63, 3.8) is 0 Å². The third-order valence-corrected chi connectivity index (χ3v) is 8.06. The van der Waals surface area contributed by atoms with Gasteiger partial charge in [-0.2, -0.15) is 0 Å². The van der Waals surface area contributed by atoms with Gasteiger partial charge in [-0.3, -0.25) is 0 Å². The Morgan fingerprint density at radius 3 is 1.97 bits per heavy atom. The number of fused-ring (bicyclic) bond motifs is 3. The van der Waals surface area contributed by atoms with Gasteiger partial charge in [0, 0.05) is 17.2 Å². The first kappa shape index (κ1) is 26.8. The first-order valence-electron chi connectivity index (χ1n) is 14.6. The van der Waals surface area contributed by atoms with Crippen LogP contribution in [0, 0.1) is 5.41 Å². The number of ether oxygens (including phenoxy) is 2. The molecule has 1 aliphatic rings. The van der Waals surface area contributed by atoms with Crippen molar-refractivity contribution in [2.24, 2.45) is 5.41 Å². The fraction of sp³-hybridized carbons (Fsp3) is 0.486. The van der Waals surface area contributed by atoms with E-state index in [-0.39, 0.29) is 17.1 Å². The van der Waals surface area contributed by atoms with E-state index in [9.17, 15) is 0 Å². The fourth-order valence-corrected chi connectivity index (χ4v) is 6.40. The molecule has 202 valence electrons. The van der Waals surface area contributed by atoms with Crippen molar-refractivity contribution < 1.29 is 9.47 Å². The third-order valence-electron chi connectivity index (χ3n) is 8.06. The largest absolute Gasteiger partial charge is 0.463 e. The summed E-state index contributed by atoms with van der Waals surface area (Å²) in [6, 6.07) is 20.7. The van der Waals surface area contributed by atoms with Gasteiger partial charge in [-0.25, -0.2) is 0 Å². The van der Waals surface area contributed by atoms with Gasteiger partial charge in [0.25, 0.3) is 0 Å². The highest BCUT2D eigenvalue weighted by Gasteiger charge is 2.29. The van der Waals surface area contributed by atoms with Crippen molar-refractivity contribution in [2.75, 3.05) is 6.61 Å². The van der Waals surface area contributed by atoms with Crippen molar-refractivity contribution >= 4 is 21.8 Å². The second kappa shape index (κ2) is 10.4. The van der Waals surface area contributed by atoms with Crippen molar-refractivity contribution in [2.45, 2.75) is 98.7 Å². The average Bonchev–Trinajstić information content (AvgIpc) is 3.20. The zero-order chi connectivity index (χ0) is 27.1. The number of benzene rings is 3. The molecule has 1 fully saturated rings. The lowest BCUT2D eigenvalue weighted by atomic mass is 9.72. The zero-order valence-corrected chi connectivity index (χ0v) is 24.5. The maximum absolute atomic E-state index is 6.65. The predicted octanol–water partition coefficient (Wildman–Crippen LogP) is 9.53. The van der Waals surface area contributed by atoms with E-state index in [0.29, 0.717) is 0 Å². The molecule has 0 amide bonds. The molecule has 0 bridgehead atoms. The maximum Gasteiger partial charge on any atom is 0.199 e. The molecule has 4 aromatic rings. The summed E-state index contributed by atoms with van der Waals surface area (Å²) in [4.78, 5) is 0. The predicted molar refractivity (Wildman–Crippen MR) is 161 cm³/mol. The molecule has 1 unspecified atom stereocenters. The van der Waals surface area contributed by atoms with Crippen molar-refractivity contribution in [1.29, 1.82) is 0 Å². The minimum atomic E-state index is -0.193. The molecular formula is C35H45NO2. The van der Waals surface area contributed by atoms with Crippen molar-refractivity contribution in [3.8, 4) is 11.4 Å². The molecule has 1 aromatic heterocycles. The molecule has 0 N–H and O–H groups in total. The minimum Gasteiger partial charge on any atom is -0.463 e. The van der Waals surface area contributed by atoms with Gasteiger partial charge < -0.3 is 14.0 Å². The first-order chi connectivity index (χ1) is 18.1. The van der Waals surface area contributed by atoms with E-state index in [2.05, 4.69) is 108 Å². The van der Waals surface area contributed by atoms with E-state index in [1.807, 2.05) is 0 Å². The molecule has 3 nitrogen and oxygen atoms in total. The standard InChI is InChI=1S/C35H45NO2/c1-8-24-13-16-27-28-17-14-25(9-2)21-30(28)36(29(27)20-24)31-22-26(35(6,7)23-34(3,4)5)15-18-32(31)38-33-12-10-11-19-37-33/h13-18,20-22,33H,8-12,19,23H2,1-7H3. The van der Waals surface area contributed by atoms with Gasteiger partial charge >= 0.3 is 0 Å². The highest BCUT2D eigenvalue weighted by atomic mass is 16.7. The molecule has 0 radical (unpaired) electrons.